The molecule has 1 fully saturated rings. The van der Waals surface area contributed by atoms with Crippen LogP contribution in [0.15, 0.2) is 42.5 Å². The molecule has 1 aliphatic heterocycles. The first-order valence-electron chi connectivity index (χ1n) is 9.36. The van der Waals surface area contributed by atoms with Crippen LogP contribution in [0.3, 0.4) is 0 Å². The average molecular weight is 495 g/mol. The number of hydrogen-bond acceptors (Lipinski definition) is 3. The number of halogens is 5. The van der Waals surface area contributed by atoms with E-state index in [0.717, 1.165) is 24.3 Å². The van der Waals surface area contributed by atoms with E-state index in [1.54, 1.807) is 18.2 Å². The van der Waals surface area contributed by atoms with Crippen molar-refractivity contribution in [1.29, 1.82) is 0 Å². The van der Waals surface area contributed by atoms with Crippen molar-refractivity contribution in [1.82, 2.24) is 4.31 Å². The number of benzene rings is 2. The number of rotatable bonds is 5. The molecule has 0 aromatic heterocycles. The molecular weight excluding hydrogens is 476 g/mol. The van der Waals surface area contributed by atoms with Gasteiger partial charge in [-0.25, -0.2) is 12.7 Å². The van der Waals surface area contributed by atoms with Gasteiger partial charge < -0.3 is 5.32 Å². The number of anilines is 1. The highest BCUT2D eigenvalue weighted by Gasteiger charge is 2.33. The average Bonchev–Trinajstić information content (AvgIpc) is 2.71. The van der Waals surface area contributed by atoms with Gasteiger partial charge >= 0.3 is 6.18 Å². The van der Waals surface area contributed by atoms with Crippen molar-refractivity contribution in [3.8, 4) is 0 Å². The minimum Gasteiger partial charge on any atom is -0.326 e. The summed E-state index contributed by atoms with van der Waals surface area (Å²) in [6, 6.07) is 8.79. The Morgan fingerprint density at radius 3 is 2.29 bits per heavy atom. The summed E-state index contributed by atoms with van der Waals surface area (Å²) in [5.41, 5.74) is -0.318. The molecule has 1 saturated heterocycles. The quantitative estimate of drug-likeness (QED) is 0.621. The van der Waals surface area contributed by atoms with Gasteiger partial charge in [-0.05, 0) is 49.2 Å². The Labute approximate surface area is 188 Å². The van der Waals surface area contributed by atoms with Gasteiger partial charge in [0.25, 0.3) is 0 Å². The molecule has 2 aromatic carbocycles. The summed E-state index contributed by atoms with van der Waals surface area (Å²) in [5, 5.41) is 3.04. The molecule has 5 nitrogen and oxygen atoms in total. The summed E-state index contributed by atoms with van der Waals surface area (Å²) >= 11 is 12.2. The number of nitrogens with zero attached hydrogens (tertiary/aromatic N) is 1. The lowest BCUT2D eigenvalue weighted by molar-refractivity contribution is -0.137. The molecule has 1 amide bonds. The van der Waals surface area contributed by atoms with Crippen LogP contribution in [-0.4, -0.2) is 31.7 Å². The molecule has 1 atom stereocenters. The van der Waals surface area contributed by atoms with E-state index in [0.29, 0.717) is 18.4 Å². The highest BCUT2D eigenvalue weighted by molar-refractivity contribution is 7.88. The fraction of sp³-hybridized carbons (Fsp3) is 0.350. The van der Waals surface area contributed by atoms with Crippen molar-refractivity contribution in [2.75, 3.05) is 18.4 Å². The summed E-state index contributed by atoms with van der Waals surface area (Å²) < 4.78 is 65.0. The van der Waals surface area contributed by atoms with E-state index in [9.17, 15) is 26.4 Å². The standard InChI is InChI=1S/C20H19Cl2F3N2O3S/c21-17-4-1-5-18(22)16(17)12-31(29,30)27-10-2-3-13(11-27)19(28)26-15-8-6-14(7-9-15)20(23,24)25/h1,4-9,13H,2-3,10-12H2,(H,26,28). The molecule has 0 radical (unpaired) electrons. The van der Waals surface area contributed by atoms with E-state index >= 15 is 0 Å². The zero-order valence-electron chi connectivity index (χ0n) is 16.1. The SMILES string of the molecule is O=C(Nc1ccc(C(F)(F)F)cc1)C1CCCN(S(=O)(=O)Cc2c(Cl)cccc2Cl)C1. The lowest BCUT2D eigenvalue weighted by Gasteiger charge is -2.31. The second-order valence-electron chi connectivity index (χ2n) is 7.22. The van der Waals surface area contributed by atoms with Crippen LogP contribution < -0.4 is 5.32 Å². The molecule has 168 valence electrons. The normalized spacial score (nSPS) is 18.0. The monoisotopic (exact) mass is 494 g/mol. The highest BCUT2D eigenvalue weighted by atomic mass is 35.5. The number of amides is 1. The number of carbonyl (C=O) groups excluding carboxylic acids is 1. The molecule has 2 aromatic rings. The first kappa shape index (κ1) is 23.8. The van der Waals surface area contributed by atoms with Crippen molar-refractivity contribution >= 4 is 44.8 Å². The van der Waals surface area contributed by atoms with Gasteiger partial charge in [0.1, 0.15) is 0 Å². The Hall–Kier alpha value is -1.81. The van der Waals surface area contributed by atoms with Gasteiger partial charge in [-0.2, -0.15) is 13.2 Å². The van der Waals surface area contributed by atoms with Gasteiger partial charge in [-0.15, -0.1) is 0 Å². The maximum absolute atomic E-state index is 12.9. The van der Waals surface area contributed by atoms with Crippen LogP contribution in [0.4, 0.5) is 18.9 Å². The Kier molecular flexibility index (Phi) is 7.20. The predicted octanol–water partition coefficient (Wildman–Crippen LogP) is 5.19. The van der Waals surface area contributed by atoms with E-state index in [1.807, 2.05) is 0 Å². The zero-order chi connectivity index (χ0) is 22.8. The topological polar surface area (TPSA) is 66.5 Å². The molecule has 11 heteroatoms. The Balaban J connectivity index is 1.67. The lowest BCUT2D eigenvalue weighted by Crippen LogP contribution is -2.44. The summed E-state index contributed by atoms with van der Waals surface area (Å²) in [6.45, 7) is 0.228. The fourth-order valence-electron chi connectivity index (χ4n) is 3.34. The minimum atomic E-state index is -4.47. The molecule has 0 spiro atoms. The number of piperidine rings is 1. The van der Waals surface area contributed by atoms with Gasteiger partial charge in [0.05, 0.1) is 17.2 Å². The van der Waals surface area contributed by atoms with Gasteiger partial charge in [0, 0.05) is 34.4 Å². The molecule has 3 rings (SSSR count). The molecule has 31 heavy (non-hydrogen) atoms. The molecule has 0 saturated carbocycles. The van der Waals surface area contributed by atoms with Crippen LogP contribution in [0.1, 0.15) is 24.0 Å². The third-order valence-electron chi connectivity index (χ3n) is 5.02. The summed E-state index contributed by atoms with van der Waals surface area (Å²) in [7, 11) is -3.78. The first-order chi connectivity index (χ1) is 14.5. The zero-order valence-corrected chi connectivity index (χ0v) is 18.5. The van der Waals surface area contributed by atoms with E-state index in [1.165, 1.54) is 4.31 Å². The Bertz CT molecular complexity index is 1040. The minimum absolute atomic E-state index is 0.0309. The van der Waals surface area contributed by atoms with E-state index in [4.69, 9.17) is 23.2 Å². The number of alkyl halides is 3. The van der Waals surface area contributed by atoms with Crippen molar-refractivity contribution in [3.63, 3.8) is 0 Å². The predicted molar refractivity (Wildman–Crippen MR) is 113 cm³/mol. The van der Waals surface area contributed by atoms with Gasteiger partial charge in [0.2, 0.25) is 15.9 Å². The largest absolute Gasteiger partial charge is 0.416 e. The van der Waals surface area contributed by atoms with Crippen LogP contribution in [0.5, 0.6) is 0 Å². The molecular formula is C20H19Cl2F3N2O3S. The van der Waals surface area contributed by atoms with Crippen molar-refractivity contribution in [3.05, 3.63) is 63.6 Å². The van der Waals surface area contributed by atoms with Crippen molar-refractivity contribution in [2.45, 2.75) is 24.8 Å². The van der Waals surface area contributed by atoms with E-state index in [-0.39, 0.29) is 28.8 Å². The van der Waals surface area contributed by atoms with Gasteiger partial charge in [-0.1, -0.05) is 29.3 Å². The second-order valence-corrected chi connectivity index (χ2v) is 10.0. The molecule has 1 unspecified atom stereocenters. The smallest absolute Gasteiger partial charge is 0.326 e. The summed E-state index contributed by atoms with van der Waals surface area (Å²) in [6.07, 6.45) is -3.53. The summed E-state index contributed by atoms with van der Waals surface area (Å²) in [5.74, 6) is -1.47. The number of carbonyl (C=O) groups is 1. The number of nitrogens with one attached hydrogen (secondary N) is 1. The van der Waals surface area contributed by atoms with E-state index < -0.39 is 39.3 Å². The molecule has 1 heterocycles. The van der Waals surface area contributed by atoms with Crippen LogP contribution in [0.2, 0.25) is 10.0 Å². The summed E-state index contributed by atoms with van der Waals surface area (Å²) in [4.78, 5) is 12.6. The Morgan fingerprint density at radius 2 is 1.71 bits per heavy atom. The second kappa shape index (κ2) is 9.36. The molecule has 1 N–H and O–H groups in total. The highest BCUT2D eigenvalue weighted by Crippen LogP contribution is 2.31. The number of sulfonamides is 1. The molecule has 1 aliphatic rings. The number of hydrogen-bond donors (Lipinski definition) is 1. The molecule has 0 aliphatic carbocycles. The van der Waals surface area contributed by atoms with Crippen LogP contribution in [0, 0.1) is 5.92 Å². The van der Waals surface area contributed by atoms with Crippen molar-refractivity contribution in [2.24, 2.45) is 5.92 Å². The van der Waals surface area contributed by atoms with Crippen LogP contribution in [0.25, 0.3) is 0 Å². The maximum atomic E-state index is 12.9. The van der Waals surface area contributed by atoms with Gasteiger partial charge in [0.15, 0.2) is 0 Å². The fourth-order valence-corrected chi connectivity index (χ4v) is 5.70. The molecule has 0 bridgehead atoms. The third kappa shape index (κ3) is 5.91. The van der Waals surface area contributed by atoms with E-state index in [2.05, 4.69) is 5.32 Å². The maximum Gasteiger partial charge on any atom is 0.416 e. The third-order valence-corrected chi connectivity index (χ3v) is 7.50. The van der Waals surface area contributed by atoms with Crippen molar-refractivity contribution < 1.29 is 26.4 Å². The van der Waals surface area contributed by atoms with Crippen LogP contribution in [-0.2, 0) is 26.7 Å². The first-order valence-corrected chi connectivity index (χ1v) is 11.7. The van der Waals surface area contributed by atoms with Crippen LogP contribution >= 0.6 is 23.2 Å². The lowest BCUT2D eigenvalue weighted by atomic mass is 9.98. The van der Waals surface area contributed by atoms with Gasteiger partial charge in [-0.3, -0.25) is 4.79 Å². The Morgan fingerprint density at radius 1 is 1.10 bits per heavy atom.